The molecule has 6 heteroatoms. The van der Waals surface area contributed by atoms with Gasteiger partial charge in [-0.05, 0) is 18.2 Å². The predicted molar refractivity (Wildman–Crippen MR) is 68.4 cm³/mol. The number of aliphatic hydroxyl groups is 1. The number of hydrogen-bond donors (Lipinski definition) is 3. The van der Waals surface area contributed by atoms with Gasteiger partial charge in [0, 0.05) is 25.0 Å². The molecule has 3 N–H and O–H groups in total. The van der Waals surface area contributed by atoms with Gasteiger partial charge in [0.25, 0.3) is 5.91 Å². The summed E-state index contributed by atoms with van der Waals surface area (Å²) in [6.45, 7) is 0.746. The maximum Gasteiger partial charge on any atom is 0.267 e. The third kappa shape index (κ3) is 5.55. The third-order valence-electron chi connectivity index (χ3n) is 1.99. The molecule has 0 fully saturated rings. The van der Waals surface area contributed by atoms with Crippen LogP contribution < -0.4 is 10.9 Å². The maximum atomic E-state index is 11.6. The number of aromatic amines is 1. The Balaban J connectivity index is 2.24. The Kier molecular flexibility index (Phi) is 6.42. The number of hydrogen-bond acceptors (Lipinski definition) is 4. The normalized spacial score (nSPS) is 10.2. The van der Waals surface area contributed by atoms with Crippen molar-refractivity contribution in [1.29, 1.82) is 0 Å². The second kappa shape index (κ2) is 7.92. The number of thioether (sulfide) groups is 1. The smallest absolute Gasteiger partial charge is 0.267 e. The number of amides is 1. The van der Waals surface area contributed by atoms with Crippen LogP contribution in [0.1, 0.15) is 16.9 Å². The summed E-state index contributed by atoms with van der Waals surface area (Å²) in [7, 11) is 0. The molecule has 0 aliphatic carbocycles. The Bertz CT molecular complexity index is 406. The molecule has 1 aromatic rings. The monoisotopic (exact) mass is 256 g/mol. The van der Waals surface area contributed by atoms with Crippen LogP contribution in [-0.2, 0) is 0 Å². The van der Waals surface area contributed by atoms with Crippen molar-refractivity contribution in [3.8, 4) is 0 Å². The first-order valence-electron chi connectivity index (χ1n) is 5.40. The van der Waals surface area contributed by atoms with Gasteiger partial charge in [0.15, 0.2) is 0 Å². The highest BCUT2D eigenvalue weighted by Gasteiger charge is 2.04. The quantitative estimate of drug-likeness (QED) is 0.610. The van der Waals surface area contributed by atoms with Crippen molar-refractivity contribution in [3.63, 3.8) is 0 Å². The molecule has 0 saturated carbocycles. The van der Waals surface area contributed by atoms with E-state index >= 15 is 0 Å². The van der Waals surface area contributed by atoms with Gasteiger partial charge in [0.05, 0.1) is 0 Å². The highest BCUT2D eigenvalue weighted by Crippen LogP contribution is 2.00. The topological polar surface area (TPSA) is 82.2 Å². The van der Waals surface area contributed by atoms with E-state index in [1.54, 1.807) is 23.9 Å². The summed E-state index contributed by atoms with van der Waals surface area (Å²) >= 11 is 1.67. The molecule has 94 valence electrons. The van der Waals surface area contributed by atoms with Gasteiger partial charge in [-0.25, -0.2) is 0 Å². The van der Waals surface area contributed by atoms with E-state index in [9.17, 15) is 9.59 Å². The predicted octanol–water partition coefficient (Wildman–Crippen LogP) is 0.220. The van der Waals surface area contributed by atoms with E-state index in [1.807, 2.05) is 0 Å². The van der Waals surface area contributed by atoms with E-state index in [0.717, 1.165) is 17.9 Å². The van der Waals surface area contributed by atoms with Gasteiger partial charge in [-0.2, -0.15) is 11.8 Å². The van der Waals surface area contributed by atoms with Gasteiger partial charge in [0.2, 0.25) is 5.56 Å². The minimum absolute atomic E-state index is 0.199. The van der Waals surface area contributed by atoms with Crippen molar-refractivity contribution in [2.24, 2.45) is 0 Å². The molecule has 0 spiro atoms. The van der Waals surface area contributed by atoms with Crippen LogP contribution in [0.2, 0.25) is 0 Å². The molecular weight excluding hydrogens is 240 g/mol. The zero-order chi connectivity index (χ0) is 12.5. The number of pyridine rings is 1. The Morgan fingerprint density at radius 2 is 2.24 bits per heavy atom. The molecule has 0 saturated heterocycles. The SMILES string of the molecule is O=C(NCCSCCCO)c1cccc(=O)[nH]1. The Hall–Kier alpha value is -1.27. The Labute approximate surface area is 104 Å². The highest BCUT2D eigenvalue weighted by molar-refractivity contribution is 7.99. The lowest BCUT2D eigenvalue weighted by atomic mass is 10.3. The first-order valence-corrected chi connectivity index (χ1v) is 6.55. The zero-order valence-electron chi connectivity index (χ0n) is 9.44. The van der Waals surface area contributed by atoms with Crippen molar-refractivity contribution in [2.45, 2.75) is 6.42 Å². The molecule has 1 heterocycles. The second-order valence-electron chi connectivity index (χ2n) is 3.37. The molecular formula is C11H16N2O3S. The maximum absolute atomic E-state index is 11.6. The zero-order valence-corrected chi connectivity index (χ0v) is 10.3. The number of aromatic nitrogens is 1. The van der Waals surface area contributed by atoms with Crippen molar-refractivity contribution in [1.82, 2.24) is 10.3 Å². The fourth-order valence-electron chi connectivity index (χ4n) is 1.18. The van der Waals surface area contributed by atoms with E-state index in [1.165, 1.54) is 6.07 Å². The van der Waals surface area contributed by atoms with E-state index in [4.69, 9.17) is 5.11 Å². The van der Waals surface area contributed by atoms with E-state index in [0.29, 0.717) is 6.54 Å². The van der Waals surface area contributed by atoms with Gasteiger partial charge >= 0.3 is 0 Å². The number of rotatable bonds is 7. The summed E-state index contributed by atoms with van der Waals surface area (Å²) in [5.41, 5.74) is -0.00664. The second-order valence-corrected chi connectivity index (χ2v) is 4.60. The van der Waals surface area contributed by atoms with Gasteiger partial charge in [-0.3, -0.25) is 9.59 Å². The molecule has 0 aliphatic heterocycles. The fraction of sp³-hybridized carbons (Fsp3) is 0.455. The third-order valence-corrected chi connectivity index (χ3v) is 3.06. The fourth-order valence-corrected chi connectivity index (χ4v) is 1.96. The van der Waals surface area contributed by atoms with Crippen molar-refractivity contribution in [2.75, 3.05) is 24.7 Å². The summed E-state index contributed by atoms with van der Waals surface area (Å²) < 4.78 is 0. The molecule has 1 rings (SSSR count). The number of H-pyrrole nitrogens is 1. The van der Waals surface area contributed by atoms with E-state index in [2.05, 4.69) is 10.3 Å². The standard InChI is InChI=1S/C11H16N2O3S/c14-6-2-7-17-8-5-12-11(16)9-3-1-4-10(15)13-9/h1,3-4,14H,2,5-8H2,(H,12,16)(H,13,15). The number of carbonyl (C=O) groups is 1. The molecule has 0 aliphatic rings. The van der Waals surface area contributed by atoms with Crippen LogP contribution in [0, 0.1) is 0 Å². The average Bonchev–Trinajstić information content (AvgIpc) is 2.33. The largest absolute Gasteiger partial charge is 0.396 e. The highest BCUT2D eigenvalue weighted by atomic mass is 32.2. The van der Waals surface area contributed by atoms with Gasteiger partial charge < -0.3 is 15.4 Å². The molecule has 17 heavy (non-hydrogen) atoms. The number of aliphatic hydroxyl groups excluding tert-OH is 1. The summed E-state index contributed by atoms with van der Waals surface area (Å²) in [6.07, 6.45) is 0.768. The summed E-state index contributed by atoms with van der Waals surface area (Å²) in [6, 6.07) is 4.47. The summed E-state index contributed by atoms with van der Waals surface area (Å²) in [4.78, 5) is 25.0. The molecule has 1 aromatic heterocycles. The lowest BCUT2D eigenvalue weighted by Gasteiger charge is -2.04. The van der Waals surface area contributed by atoms with Gasteiger partial charge in [0.1, 0.15) is 5.69 Å². The summed E-state index contributed by atoms with van der Waals surface area (Å²) in [5.74, 6) is 1.41. The van der Waals surface area contributed by atoms with Crippen LogP contribution in [0.25, 0.3) is 0 Å². The molecule has 0 bridgehead atoms. The molecule has 0 atom stereocenters. The molecule has 0 aromatic carbocycles. The van der Waals surface area contributed by atoms with Crippen LogP contribution in [0.5, 0.6) is 0 Å². The average molecular weight is 256 g/mol. The number of carbonyl (C=O) groups excluding carboxylic acids is 1. The first kappa shape index (κ1) is 13.8. The Morgan fingerprint density at radius 1 is 1.41 bits per heavy atom. The van der Waals surface area contributed by atoms with Crippen LogP contribution in [0.4, 0.5) is 0 Å². The lowest BCUT2D eigenvalue weighted by molar-refractivity contribution is 0.0951. The molecule has 5 nitrogen and oxygen atoms in total. The van der Waals surface area contributed by atoms with E-state index < -0.39 is 0 Å². The van der Waals surface area contributed by atoms with E-state index in [-0.39, 0.29) is 23.8 Å². The first-order chi connectivity index (χ1) is 8.24. The van der Waals surface area contributed by atoms with Crippen LogP contribution in [0.3, 0.4) is 0 Å². The van der Waals surface area contributed by atoms with Crippen molar-refractivity contribution >= 4 is 17.7 Å². The van der Waals surface area contributed by atoms with Crippen molar-refractivity contribution in [3.05, 3.63) is 34.2 Å². The van der Waals surface area contributed by atoms with Gasteiger partial charge in [-0.1, -0.05) is 6.07 Å². The minimum Gasteiger partial charge on any atom is -0.396 e. The van der Waals surface area contributed by atoms with Crippen molar-refractivity contribution < 1.29 is 9.90 Å². The molecule has 1 amide bonds. The number of nitrogens with one attached hydrogen (secondary N) is 2. The van der Waals surface area contributed by atoms with Crippen LogP contribution >= 0.6 is 11.8 Å². The molecule has 0 radical (unpaired) electrons. The van der Waals surface area contributed by atoms with Crippen LogP contribution in [-0.4, -0.2) is 40.7 Å². The molecule has 0 unspecified atom stereocenters. The van der Waals surface area contributed by atoms with Crippen LogP contribution in [0.15, 0.2) is 23.0 Å². The lowest BCUT2D eigenvalue weighted by Crippen LogP contribution is -2.28. The summed E-state index contributed by atoms with van der Waals surface area (Å²) in [5, 5.41) is 11.3. The van der Waals surface area contributed by atoms with Gasteiger partial charge in [-0.15, -0.1) is 0 Å². The Morgan fingerprint density at radius 3 is 2.94 bits per heavy atom. The minimum atomic E-state index is -0.282.